The first-order valence-corrected chi connectivity index (χ1v) is 11.6. The van der Waals surface area contributed by atoms with Gasteiger partial charge >= 0.3 is 0 Å². The van der Waals surface area contributed by atoms with Crippen LogP contribution in [0.5, 0.6) is 0 Å². The maximum absolute atomic E-state index is 13.9. The van der Waals surface area contributed by atoms with Crippen molar-refractivity contribution in [1.29, 1.82) is 0 Å². The molecule has 0 aliphatic carbocycles. The van der Waals surface area contributed by atoms with E-state index in [1.165, 1.54) is 11.6 Å². The van der Waals surface area contributed by atoms with Gasteiger partial charge < -0.3 is 26.2 Å². The number of rotatable bonds is 10. The zero-order chi connectivity index (χ0) is 23.1. The molecule has 0 saturated carbocycles. The zero-order valence-corrected chi connectivity index (χ0v) is 19.7. The number of hydrogen-bond donors (Lipinski definition) is 4. The van der Waals surface area contributed by atoms with Gasteiger partial charge in [0, 0.05) is 61.3 Å². The molecule has 0 spiro atoms. The molecule has 0 radical (unpaired) electrons. The van der Waals surface area contributed by atoms with Crippen molar-refractivity contribution in [2.75, 3.05) is 44.6 Å². The van der Waals surface area contributed by atoms with Gasteiger partial charge in [0.25, 0.3) is 0 Å². The molecule has 1 aromatic carbocycles. The topological polar surface area (TPSA) is 51.4 Å². The van der Waals surface area contributed by atoms with Gasteiger partial charge in [0.2, 0.25) is 0 Å². The standard InChI is InChI=1S/C26H38FN5/c1-6-29-24-9-8-22(27)17-23(24)18(2)16-25-19(3)26(21(5)31-25)20(4)30-10-7-13-32-14-11-28-12-15-32/h6,8-9,16-17,19,25,28-31H,1,4,7,10-15H2,2-3,5H3/b18-16+. The van der Waals surface area contributed by atoms with Gasteiger partial charge in [-0.05, 0) is 62.4 Å². The normalized spacial score (nSPS) is 21.9. The number of benzene rings is 1. The highest BCUT2D eigenvalue weighted by Gasteiger charge is 2.29. The van der Waals surface area contributed by atoms with E-state index >= 15 is 0 Å². The molecule has 5 nitrogen and oxygen atoms in total. The van der Waals surface area contributed by atoms with Crippen molar-refractivity contribution in [3.8, 4) is 0 Å². The molecule has 174 valence electrons. The van der Waals surface area contributed by atoms with Crippen molar-refractivity contribution in [1.82, 2.24) is 20.9 Å². The van der Waals surface area contributed by atoms with Crippen LogP contribution in [-0.2, 0) is 0 Å². The molecule has 2 unspecified atom stereocenters. The van der Waals surface area contributed by atoms with Crippen molar-refractivity contribution in [3.05, 3.63) is 72.0 Å². The molecule has 1 saturated heterocycles. The summed E-state index contributed by atoms with van der Waals surface area (Å²) < 4.78 is 13.9. The lowest BCUT2D eigenvalue weighted by Crippen LogP contribution is -2.44. The van der Waals surface area contributed by atoms with Crippen LogP contribution in [0.4, 0.5) is 10.1 Å². The minimum absolute atomic E-state index is 0.129. The van der Waals surface area contributed by atoms with Gasteiger partial charge in [0.15, 0.2) is 0 Å². The van der Waals surface area contributed by atoms with Gasteiger partial charge in [0.1, 0.15) is 5.82 Å². The lowest BCUT2D eigenvalue weighted by atomic mass is 9.92. The molecule has 2 aliphatic rings. The van der Waals surface area contributed by atoms with Crippen molar-refractivity contribution >= 4 is 11.3 Å². The van der Waals surface area contributed by atoms with E-state index in [0.717, 1.165) is 73.9 Å². The lowest BCUT2D eigenvalue weighted by molar-refractivity contribution is 0.238. The average Bonchev–Trinajstić information content (AvgIpc) is 3.06. The quantitative estimate of drug-likeness (QED) is 0.414. The van der Waals surface area contributed by atoms with Crippen LogP contribution >= 0.6 is 0 Å². The van der Waals surface area contributed by atoms with E-state index < -0.39 is 0 Å². The van der Waals surface area contributed by atoms with Crippen molar-refractivity contribution in [2.24, 2.45) is 5.92 Å². The molecule has 1 fully saturated rings. The van der Waals surface area contributed by atoms with Gasteiger partial charge in [0.05, 0.1) is 6.04 Å². The molecule has 2 atom stereocenters. The fraction of sp³-hybridized carbons (Fsp3) is 0.462. The predicted molar refractivity (Wildman–Crippen MR) is 134 cm³/mol. The highest BCUT2D eigenvalue weighted by molar-refractivity contribution is 5.76. The SMILES string of the molecule is C=CNc1ccc(F)cc1/C(C)=C/C1NC(C)=C(C(=C)NCCCN2CCNCC2)C1C. The highest BCUT2D eigenvalue weighted by Crippen LogP contribution is 2.33. The summed E-state index contributed by atoms with van der Waals surface area (Å²) >= 11 is 0. The Morgan fingerprint density at radius 2 is 2.06 bits per heavy atom. The number of nitrogens with one attached hydrogen (secondary N) is 4. The smallest absolute Gasteiger partial charge is 0.123 e. The second-order valence-electron chi connectivity index (χ2n) is 8.74. The van der Waals surface area contributed by atoms with Gasteiger partial charge in [-0.1, -0.05) is 26.2 Å². The van der Waals surface area contributed by atoms with Crippen LogP contribution in [0.1, 0.15) is 32.8 Å². The van der Waals surface area contributed by atoms with Crippen molar-refractivity contribution in [3.63, 3.8) is 0 Å². The Hall–Kier alpha value is -2.57. The molecule has 0 aromatic heterocycles. The van der Waals surface area contributed by atoms with Crippen LogP contribution in [-0.4, -0.2) is 50.2 Å². The number of halogens is 1. The molecular formula is C26H38FN5. The number of hydrogen-bond acceptors (Lipinski definition) is 5. The minimum atomic E-state index is -0.247. The third-order valence-corrected chi connectivity index (χ3v) is 6.40. The van der Waals surface area contributed by atoms with Gasteiger partial charge in [-0.15, -0.1) is 0 Å². The van der Waals surface area contributed by atoms with E-state index in [2.05, 4.69) is 59.2 Å². The maximum atomic E-state index is 13.9. The second-order valence-corrected chi connectivity index (χ2v) is 8.74. The summed E-state index contributed by atoms with van der Waals surface area (Å²) in [5.41, 5.74) is 6.09. The fourth-order valence-electron chi connectivity index (χ4n) is 4.67. The Morgan fingerprint density at radius 3 is 2.78 bits per heavy atom. The van der Waals surface area contributed by atoms with Crippen LogP contribution in [0.15, 0.2) is 60.6 Å². The van der Waals surface area contributed by atoms with E-state index in [4.69, 9.17) is 0 Å². The van der Waals surface area contributed by atoms with E-state index in [1.54, 1.807) is 18.3 Å². The minimum Gasteiger partial charge on any atom is -0.385 e. The Labute approximate surface area is 192 Å². The number of piperazine rings is 1. The largest absolute Gasteiger partial charge is 0.385 e. The predicted octanol–water partition coefficient (Wildman–Crippen LogP) is 4.06. The molecule has 6 heteroatoms. The molecule has 2 aliphatic heterocycles. The number of allylic oxidation sites excluding steroid dienone is 3. The number of nitrogens with zero attached hydrogens (tertiary/aromatic N) is 1. The Morgan fingerprint density at radius 1 is 1.31 bits per heavy atom. The molecule has 0 bridgehead atoms. The van der Waals surface area contributed by atoms with Gasteiger partial charge in [-0.3, -0.25) is 0 Å². The summed E-state index contributed by atoms with van der Waals surface area (Å²) in [7, 11) is 0. The monoisotopic (exact) mass is 439 g/mol. The summed E-state index contributed by atoms with van der Waals surface area (Å²) in [5, 5.41) is 13.6. The summed E-state index contributed by atoms with van der Waals surface area (Å²) in [4.78, 5) is 2.51. The Bertz CT molecular complexity index is 882. The van der Waals surface area contributed by atoms with Crippen LogP contribution in [0.25, 0.3) is 5.57 Å². The van der Waals surface area contributed by atoms with E-state index in [9.17, 15) is 4.39 Å². The molecule has 3 rings (SSSR count). The first-order valence-electron chi connectivity index (χ1n) is 11.6. The molecule has 2 heterocycles. The molecule has 0 amide bonds. The van der Waals surface area contributed by atoms with Crippen molar-refractivity contribution in [2.45, 2.75) is 33.2 Å². The summed E-state index contributed by atoms with van der Waals surface area (Å²) in [6.45, 7) is 20.9. The van der Waals surface area contributed by atoms with E-state index in [-0.39, 0.29) is 17.8 Å². The summed E-state index contributed by atoms with van der Waals surface area (Å²) in [5.74, 6) is 0.0191. The van der Waals surface area contributed by atoms with Gasteiger partial charge in [-0.2, -0.15) is 0 Å². The average molecular weight is 440 g/mol. The van der Waals surface area contributed by atoms with Crippen LogP contribution in [0.3, 0.4) is 0 Å². The van der Waals surface area contributed by atoms with Crippen molar-refractivity contribution < 1.29 is 4.39 Å². The first kappa shape index (κ1) is 24.1. The lowest BCUT2D eigenvalue weighted by Gasteiger charge is -2.27. The third-order valence-electron chi connectivity index (χ3n) is 6.40. The third kappa shape index (κ3) is 6.02. The maximum Gasteiger partial charge on any atom is 0.123 e. The molecule has 32 heavy (non-hydrogen) atoms. The number of anilines is 1. The van der Waals surface area contributed by atoms with Crippen LogP contribution in [0.2, 0.25) is 0 Å². The van der Waals surface area contributed by atoms with E-state index in [1.807, 2.05) is 6.92 Å². The fourth-order valence-corrected chi connectivity index (χ4v) is 4.67. The van der Waals surface area contributed by atoms with Crippen LogP contribution in [0, 0.1) is 11.7 Å². The van der Waals surface area contributed by atoms with Gasteiger partial charge in [-0.25, -0.2) is 4.39 Å². The Balaban J connectivity index is 1.59. The Kier molecular flexibility index (Phi) is 8.53. The molecule has 4 N–H and O–H groups in total. The zero-order valence-electron chi connectivity index (χ0n) is 19.7. The molecular weight excluding hydrogens is 401 g/mol. The highest BCUT2D eigenvalue weighted by atomic mass is 19.1. The van der Waals surface area contributed by atoms with Crippen LogP contribution < -0.4 is 21.3 Å². The summed E-state index contributed by atoms with van der Waals surface area (Å²) in [6.07, 6.45) is 4.90. The second kappa shape index (κ2) is 11.3. The summed E-state index contributed by atoms with van der Waals surface area (Å²) in [6, 6.07) is 4.90. The first-order chi connectivity index (χ1) is 15.4. The van der Waals surface area contributed by atoms with E-state index in [0.29, 0.717) is 0 Å². The molecule has 1 aromatic rings.